The molecule has 0 radical (unpaired) electrons. The lowest BCUT2D eigenvalue weighted by Gasteiger charge is -2.31. The molecule has 2 N–H and O–H groups in total. The number of phenols is 2. The monoisotopic (exact) mass is 474 g/mol. The molecule has 0 amide bonds. The van der Waals surface area contributed by atoms with Gasteiger partial charge >= 0.3 is 0 Å². The van der Waals surface area contributed by atoms with E-state index in [-0.39, 0.29) is 40.6 Å². The van der Waals surface area contributed by atoms with E-state index in [2.05, 4.69) is 0 Å². The van der Waals surface area contributed by atoms with Crippen molar-refractivity contribution in [3.8, 4) is 23.0 Å². The average Bonchev–Trinajstić information content (AvgIpc) is 2.77. The number of Topliss-reactive ketones (excluding diaryl/α,β-unsaturated/α-hetero) is 1. The zero-order chi connectivity index (χ0) is 25.5. The van der Waals surface area contributed by atoms with E-state index >= 15 is 0 Å². The molecule has 0 saturated heterocycles. The van der Waals surface area contributed by atoms with E-state index in [0.29, 0.717) is 24.0 Å². The van der Waals surface area contributed by atoms with Crippen molar-refractivity contribution < 1.29 is 24.5 Å². The number of hydrogen-bond acceptors (Lipinski definition) is 5. The zero-order valence-corrected chi connectivity index (χ0v) is 21.4. The van der Waals surface area contributed by atoms with Gasteiger partial charge in [-0.05, 0) is 78.2 Å². The Morgan fingerprint density at radius 1 is 1.03 bits per heavy atom. The van der Waals surface area contributed by atoms with E-state index in [1.165, 1.54) is 0 Å². The molecule has 0 saturated carbocycles. The van der Waals surface area contributed by atoms with E-state index in [4.69, 9.17) is 9.47 Å². The third kappa shape index (κ3) is 5.00. The van der Waals surface area contributed by atoms with Crippen LogP contribution in [-0.2, 0) is 12.8 Å². The summed E-state index contributed by atoms with van der Waals surface area (Å²) in [6.07, 6.45) is 8.23. The maximum Gasteiger partial charge on any atom is 0.174 e. The first-order chi connectivity index (χ1) is 16.5. The molecule has 0 spiro atoms. The highest BCUT2D eigenvalue weighted by Gasteiger charge is 2.36. The molecule has 35 heavy (non-hydrogen) atoms. The summed E-state index contributed by atoms with van der Waals surface area (Å²) in [6.45, 7) is 11.9. The Labute approximate surface area is 207 Å². The molecule has 184 valence electrons. The standard InChI is InChI=1S/C30H34O5/c1-17(2)7-10-21-27(32)22(11-8-18(3)4)29-26(28(21)33)23(31)16-25(34-29)19-9-12-24-20(15-19)13-14-30(5,6)35-24/h7-9,12-15,25,32-33H,10-11,16H2,1-6H3/t25-/m0/s1. The van der Waals surface area contributed by atoms with Crippen molar-refractivity contribution >= 4 is 11.9 Å². The summed E-state index contributed by atoms with van der Waals surface area (Å²) in [6, 6.07) is 5.79. The van der Waals surface area contributed by atoms with Crippen LogP contribution in [0.15, 0.2) is 47.6 Å². The minimum absolute atomic E-state index is 0.0197. The number of ketones is 1. The van der Waals surface area contributed by atoms with Crippen molar-refractivity contribution in [2.75, 3.05) is 0 Å². The van der Waals surface area contributed by atoms with Crippen molar-refractivity contribution in [1.82, 2.24) is 0 Å². The highest BCUT2D eigenvalue weighted by atomic mass is 16.5. The number of carbonyl (C=O) groups excluding carboxylic acids is 1. The molecule has 4 rings (SSSR count). The van der Waals surface area contributed by atoms with Gasteiger partial charge in [0.05, 0.1) is 6.42 Å². The number of phenolic OH excluding ortho intramolecular Hbond substituents is 2. The van der Waals surface area contributed by atoms with Crippen LogP contribution in [0.5, 0.6) is 23.0 Å². The Balaban J connectivity index is 1.79. The van der Waals surface area contributed by atoms with E-state index in [0.717, 1.165) is 28.0 Å². The first-order valence-electron chi connectivity index (χ1n) is 12.0. The van der Waals surface area contributed by atoms with E-state index < -0.39 is 6.10 Å². The third-order valence-corrected chi connectivity index (χ3v) is 6.38. The summed E-state index contributed by atoms with van der Waals surface area (Å²) in [7, 11) is 0. The first-order valence-corrected chi connectivity index (χ1v) is 12.0. The highest BCUT2D eigenvalue weighted by molar-refractivity contribution is 6.04. The second-order valence-electron chi connectivity index (χ2n) is 10.4. The largest absolute Gasteiger partial charge is 0.507 e. The quantitative estimate of drug-likeness (QED) is 0.456. The van der Waals surface area contributed by atoms with Crippen molar-refractivity contribution in [2.24, 2.45) is 0 Å². The van der Waals surface area contributed by atoms with Gasteiger partial charge in [0.2, 0.25) is 0 Å². The molecule has 5 nitrogen and oxygen atoms in total. The number of ether oxygens (including phenoxy) is 2. The zero-order valence-electron chi connectivity index (χ0n) is 21.4. The van der Waals surface area contributed by atoms with Crippen LogP contribution in [-0.4, -0.2) is 21.6 Å². The van der Waals surface area contributed by atoms with Crippen LogP contribution in [0.1, 0.15) is 86.7 Å². The van der Waals surface area contributed by atoms with Gasteiger partial charge < -0.3 is 19.7 Å². The Morgan fingerprint density at radius 2 is 1.69 bits per heavy atom. The van der Waals surface area contributed by atoms with Gasteiger partial charge in [-0.15, -0.1) is 0 Å². The molecule has 1 atom stereocenters. The third-order valence-electron chi connectivity index (χ3n) is 6.38. The Hall–Kier alpha value is -3.47. The molecule has 2 aliphatic rings. The number of aromatic hydroxyl groups is 2. The molecule has 2 aromatic carbocycles. The van der Waals surface area contributed by atoms with Crippen LogP contribution >= 0.6 is 0 Å². The smallest absolute Gasteiger partial charge is 0.174 e. The number of carbonyl (C=O) groups is 1. The molecular weight excluding hydrogens is 440 g/mol. The van der Waals surface area contributed by atoms with Gasteiger partial charge in [-0.2, -0.15) is 0 Å². The predicted octanol–water partition coefficient (Wildman–Crippen LogP) is 7.01. The van der Waals surface area contributed by atoms with Gasteiger partial charge in [-0.1, -0.05) is 35.4 Å². The Kier molecular flexibility index (Phi) is 6.54. The molecule has 2 aliphatic heterocycles. The summed E-state index contributed by atoms with van der Waals surface area (Å²) >= 11 is 0. The molecule has 0 unspecified atom stereocenters. The summed E-state index contributed by atoms with van der Waals surface area (Å²) in [4.78, 5) is 13.4. The number of allylic oxidation sites excluding steroid dienone is 4. The van der Waals surface area contributed by atoms with Gasteiger partial charge in [0.1, 0.15) is 40.3 Å². The van der Waals surface area contributed by atoms with Crippen molar-refractivity contribution in [3.05, 3.63) is 75.4 Å². The molecule has 0 fully saturated rings. The average molecular weight is 475 g/mol. The van der Waals surface area contributed by atoms with Crippen molar-refractivity contribution in [1.29, 1.82) is 0 Å². The van der Waals surface area contributed by atoms with E-state index in [9.17, 15) is 15.0 Å². The maximum atomic E-state index is 13.4. The van der Waals surface area contributed by atoms with Gasteiger partial charge in [0, 0.05) is 16.7 Å². The molecule has 0 aliphatic carbocycles. The molecule has 0 aromatic heterocycles. The van der Waals surface area contributed by atoms with Gasteiger partial charge in [-0.25, -0.2) is 0 Å². The minimum atomic E-state index is -0.531. The SMILES string of the molecule is CC(C)=CCc1c(O)c(CC=C(C)C)c2c(c1O)C(=O)C[C@@H](c1ccc3c(c1)C=CC(C)(C)O3)O2. The summed E-state index contributed by atoms with van der Waals surface area (Å²) in [5.74, 6) is 0.644. The van der Waals surface area contributed by atoms with Crippen LogP contribution in [0, 0.1) is 0 Å². The molecule has 2 heterocycles. The van der Waals surface area contributed by atoms with Gasteiger partial charge in [0.15, 0.2) is 5.78 Å². The predicted molar refractivity (Wildman–Crippen MR) is 139 cm³/mol. The lowest BCUT2D eigenvalue weighted by atomic mass is 9.88. The van der Waals surface area contributed by atoms with Crippen LogP contribution in [0.25, 0.3) is 6.08 Å². The molecule has 0 bridgehead atoms. The highest BCUT2D eigenvalue weighted by Crippen LogP contribution is 2.49. The second-order valence-corrected chi connectivity index (χ2v) is 10.4. The summed E-state index contributed by atoms with van der Waals surface area (Å²) in [5, 5.41) is 22.2. The fourth-order valence-electron chi connectivity index (χ4n) is 4.43. The van der Waals surface area contributed by atoms with Crippen LogP contribution in [0.3, 0.4) is 0 Å². The normalized spacial score (nSPS) is 17.5. The minimum Gasteiger partial charge on any atom is -0.507 e. The Bertz CT molecular complexity index is 1270. The van der Waals surface area contributed by atoms with Crippen LogP contribution in [0.4, 0.5) is 0 Å². The van der Waals surface area contributed by atoms with Crippen molar-refractivity contribution in [2.45, 2.75) is 72.5 Å². The maximum absolute atomic E-state index is 13.4. The molecular formula is C30H34O5. The second kappa shape index (κ2) is 9.29. The van der Waals surface area contributed by atoms with E-state index in [1.807, 2.05) is 84.0 Å². The van der Waals surface area contributed by atoms with Crippen LogP contribution in [0.2, 0.25) is 0 Å². The van der Waals surface area contributed by atoms with Gasteiger partial charge in [-0.3, -0.25) is 4.79 Å². The van der Waals surface area contributed by atoms with E-state index in [1.54, 1.807) is 0 Å². The summed E-state index contributed by atoms with van der Waals surface area (Å²) in [5.41, 5.74) is 4.59. The number of hydrogen-bond donors (Lipinski definition) is 2. The topological polar surface area (TPSA) is 76.0 Å². The van der Waals surface area contributed by atoms with Gasteiger partial charge in [0.25, 0.3) is 0 Å². The van der Waals surface area contributed by atoms with Crippen LogP contribution < -0.4 is 9.47 Å². The number of benzene rings is 2. The Morgan fingerprint density at radius 3 is 2.34 bits per heavy atom. The first kappa shape index (κ1) is 24.6. The molecule has 5 heteroatoms. The summed E-state index contributed by atoms with van der Waals surface area (Å²) < 4.78 is 12.4. The fourth-order valence-corrected chi connectivity index (χ4v) is 4.43. The molecule has 2 aromatic rings. The number of rotatable bonds is 5. The number of fused-ring (bicyclic) bond motifs is 2. The van der Waals surface area contributed by atoms with Crippen molar-refractivity contribution in [3.63, 3.8) is 0 Å². The fraction of sp³-hybridized carbons (Fsp3) is 0.367. The lowest BCUT2D eigenvalue weighted by Crippen LogP contribution is -2.27. The lowest BCUT2D eigenvalue weighted by molar-refractivity contribution is 0.0842.